The number of primary amides is 1. The lowest BCUT2D eigenvalue weighted by Gasteiger charge is -2.24. The van der Waals surface area contributed by atoms with E-state index >= 15 is 0 Å². The molecule has 0 fully saturated rings. The number of amides is 2. The van der Waals surface area contributed by atoms with Gasteiger partial charge in [0.1, 0.15) is 11.5 Å². The van der Waals surface area contributed by atoms with Gasteiger partial charge in [0, 0.05) is 12.0 Å². The molecular weight excluding hydrogens is 222 g/mol. The SMILES string of the molecule is CC(C)(CC(N)=O)NC(=O)c1cnc(N)cn1. The highest BCUT2D eigenvalue weighted by Crippen LogP contribution is 2.08. The van der Waals surface area contributed by atoms with Gasteiger partial charge in [-0.2, -0.15) is 0 Å². The van der Waals surface area contributed by atoms with Crippen LogP contribution in [0.2, 0.25) is 0 Å². The fraction of sp³-hybridized carbons (Fsp3) is 0.400. The molecule has 1 aromatic heterocycles. The van der Waals surface area contributed by atoms with E-state index in [-0.39, 0.29) is 17.9 Å². The first-order chi connectivity index (χ1) is 7.80. The van der Waals surface area contributed by atoms with Gasteiger partial charge in [-0.05, 0) is 13.8 Å². The highest BCUT2D eigenvalue weighted by Gasteiger charge is 2.24. The van der Waals surface area contributed by atoms with Gasteiger partial charge in [-0.15, -0.1) is 0 Å². The van der Waals surface area contributed by atoms with E-state index in [0.717, 1.165) is 0 Å². The molecule has 1 rings (SSSR count). The number of anilines is 1. The molecule has 1 heterocycles. The Bertz CT molecular complexity index is 427. The van der Waals surface area contributed by atoms with Gasteiger partial charge in [-0.1, -0.05) is 0 Å². The van der Waals surface area contributed by atoms with Gasteiger partial charge in [0.25, 0.3) is 5.91 Å². The van der Waals surface area contributed by atoms with Crippen molar-refractivity contribution in [3.05, 3.63) is 18.1 Å². The van der Waals surface area contributed by atoms with Crippen molar-refractivity contribution < 1.29 is 9.59 Å². The summed E-state index contributed by atoms with van der Waals surface area (Å²) in [6.45, 7) is 3.39. The maximum Gasteiger partial charge on any atom is 0.271 e. The molecule has 1 aromatic rings. The molecule has 0 saturated carbocycles. The van der Waals surface area contributed by atoms with Crippen LogP contribution in [0.5, 0.6) is 0 Å². The van der Waals surface area contributed by atoms with Crippen LogP contribution in [0.1, 0.15) is 30.8 Å². The number of carbonyl (C=O) groups excluding carboxylic acids is 2. The van der Waals surface area contributed by atoms with Crippen molar-refractivity contribution in [3.8, 4) is 0 Å². The quantitative estimate of drug-likeness (QED) is 0.647. The van der Waals surface area contributed by atoms with Crippen LogP contribution in [0.25, 0.3) is 0 Å². The minimum absolute atomic E-state index is 0.0428. The molecule has 0 aromatic carbocycles. The van der Waals surface area contributed by atoms with Crippen molar-refractivity contribution in [2.24, 2.45) is 5.73 Å². The van der Waals surface area contributed by atoms with E-state index < -0.39 is 17.4 Å². The molecule has 0 aliphatic heterocycles. The van der Waals surface area contributed by atoms with Crippen LogP contribution in [0, 0.1) is 0 Å². The minimum atomic E-state index is -0.730. The second-order valence-electron chi connectivity index (χ2n) is 4.31. The number of nitrogen functional groups attached to an aromatic ring is 1. The summed E-state index contributed by atoms with van der Waals surface area (Å²) in [5.41, 5.74) is 9.84. The lowest BCUT2D eigenvalue weighted by atomic mass is 10.0. The maximum absolute atomic E-state index is 11.7. The van der Waals surface area contributed by atoms with E-state index in [1.165, 1.54) is 12.4 Å². The Morgan fingerprint density at radius 1 is 1.35 bits per heavy atom. The summed E-state index contributed by atoms with van der Waals surface area (Å²) in [5, 5.41) is 2.64. The standard InChI is InChI=1S/C10H15N5O2/c1-10(2,3-8(12)16)15-9(17)6-4-14-7(11)5-13-6/h4-5H,3H2,1-2H3,(H2,11,14)(H2,12,16)(H,15,17). The number of aromatic nitrogens is 2. The topological polar surface area (TPSA) is 124 Å². The van der Waals surface area contributed by atoms with Crippen molar-refractivity contribution in [2.75, 3.05) is 5.73 Å². The molecule has 0 saturated heterocycles. The summed E-state index contributed by atoms with van der Waals surface area (Å²) in [5.74, 6) is -0.680. The van der Waals surface area contributed by atoms with Gasteiger partial charge in [0.05, 0.1) is 12.4 Å². The number of nitrogens with two attached hydrogens (primary N) is 2. The van der Waals surface area contributed by atoms with Crippen molar-refractivity contribution >= 4 is 17.6 Å². The molecule has 0 radical (unpaired) electrons. The van der Waals surface area contributed by atoms with Gasteiger partial charge in [-0.25, -0.2) is 9.97 Å². The van der Waals surface area contributed by atoms with E-state index in [1.807, 2.05) is 0 Å². The van der Waals surface area contributed by atoms with Crippen LogP contribution >= 0.6 is 0 Å². The number of hydrogen-bond donors (Lipinski definition) is 3. The Kier molecular flexibility index (Phi) is 3.62. The molecule has 2 amide bonds. The second-order valence-corrected chi connectivity index (χ2v) is 4.31. The zero-order valence-electron chi connectivity index (χ0n) is 9.73. The second kappa shape index (κ2) is 4.77. The third-order valence-corrected chi connectivity index (χ3v) is 1.97. The molecule has 0 aliphatic carbocycles. The van der Waals surface area contributed by atoms with E-state index in [2.05, 4.69) is 15.3 Å². The zero-order valence-corrected chi connectivity index (χ0v) is 9.73. The van der Waals surface area contributed by atoms with Crippen LogP contribution in [0.4, 0.5) is 5.82 Å². The summed E-state index contributed by atoms with van der Waals surface area (Å²) in [6, 6.07) is 0. The average molecular weight is 237 g/mol. The smallest absolute Gasteiger partial charge is 0.271 e. The fourth-order valence-corrected chi connectivity index (χ4v) is 1.31. The number of nitrogens with zero attached hydrogens (tertiary/aromatic N) is 2. The van der Waals surface area contributed by atoms with Crippen molar-refractivity contribution in [2.45, 2.75) is 25.8 Å². The van der Waals surface area contributed by atoms with Crippen LogP contribution in [-0.2, 0) is 4.79 Å². The first-order valence-corrected chi connectivity index (χ1v) is 4.98. The lowest BCUT2D eigenvalue weighted by Crippen LogP contribution is -2.46. The molecule has 0 spiro atoms. The lowest BCUT2D eigenvalue weighted by molar-refractivity contribution is -0.119. The number of carbonyl (C=O) groups is 2. The van der Waals surface area contributed by atoms with E-state index in [4.69, 9.17) is 11.5 Å². The minimum Gasteiger partial charge on any atom is -0.382 e. The summed E-state index contributed by atoms with van der Waals surface area (Å²) in [4.78, 5) is 30.1. The first kappa shape index (κ1) is 12.9. The predicted molar refractivity (Wildman–Crippen MR) is 61.8 cm³/mol. The Morgan fingerprint density at radius 2 is 2.00 bits per heavy atom. The van der Waals surface area contributed by atoms with Gasteiger partial charge in [-0.3, -0.25) is 9.59 Å². The van der Waals surface area contributed by atoms with Gasteiger partial charge in [0.15, 0.2) is 0 Å². The Hall–Kier alpha value is -2.18. The molecule has 7 nitrogen and oxygen atoms in total. The maximum atomic E-state index is 11.7. The highest BCUT2D eigenvalue weighted by molar-refractivity contribution is 5.93. The molecule has 5 N–H and O–H groups in total. The number of rotatable bonds is 4. The van der Waals surface area contributed by atoms with Crippen molar-refractivity contribution in [1.29, 1.82) is 0 Å². The van der Waals surface area contributed by atoms with Gasteiger partial charge in [0.2, 0.25) is 5.91 Å². The summed E-state index contributed by atoms with van der Waals surface area (Å²) >= 11 is 0. The number of hydrogen-bond acceptors (Lipinski definition) is 5. The van der Waals surface area contributed by atoms with Gasteiger partial charge >= 0.3 is 0 Å². The van der Waals surface area contributed by atoms with Crippen LogP contribution in [0.3, 0.4) is 0 Å². The van der Waals surface area contributed by atoms with E-state index in [9.17, 15) is 9.59 Å². The normalized spacial score (nSPS) is 10.9. The van der Waals surface area contributed by atoms with Gasteiger partial charge < -0.3 is 16.8 Å². The Labute approximate surface area is 98.6 Å². The summed E-state index contributed by atoms with van der Waals surface area (Å²) in [7, 11) is 0. The zero-order chi connectivity index (χ0) is 13.1. The largest absolute Gasteiger partial charge is 0.382 e. The average Bonchev–Trinajstić information content (AvgIpc) is 2.15. The Morgan fingerprint density at radius 3 is 2.47 bits per heavy atom. The van der Waals surface area contributed by atoms with Crippen LogP contribution in [-0.4, -0.2) is 27.3 Å². The molecular formula is C10H15N5O2. The molecule has 0 bridgehead atoms. The molecule has 0 unspecified atom stereocenters. The number of nitrogens with one attached hydrogen (secondary N) is 1. The molecule has 17 heavy (non-hydrogen) atoms. The summed E-state index contributed by atoms with van der Waals surface area (Å²) < 4.78 is 0. The summed E-state index contributed by atoms with van der Waals surface area (Å²) in [6.07, 6.45) is 2.60. The first-order valence-electron chi connectivity index (χ1n) is 4.98. The third-order valence-electron chi connectivity index (χ3n) is 1.97. The fourth-order valence-electron chi connectivity index (χ4n) is 1.31. The molecule has 0 aliphatic rings. The van der Waals surface area contributed by atoms with Crippen LogP contribution in [0.15, 0.2) is 12.4 Å². The third kappa shape index (κ3) is 4.06. The van der Waals surface area contributed by atoms with E-state index in [1.54, 1.807) is 13.8 Å². The predicted octanol–water partition coefficient (Wildman–Crippen LogP) is -0.557. The molecule has 7 heteroatoms. The molecule has 92 valence electrons. The Balaban J connectivity index is 2.72. The van der Waals surface area contributed by atoms with E-state index in [0.29, 0.717) is 0 Å². The van der Waals surface area contributed by atoms with Crippen molar-refractivity contribution in [1.82, 2.24) is 15.3 Å². The van der Waals surface area contributed by atoms with Crippen molar-refractivity contribution in [3.63, 3.8) is 0 Å². The monoisotopic (exact) mass is 237 g/mol. The highest BCUT2D eigenvalue weighted by atomic mass is 16.2. The van der Waals surface area contributed by atoms with Crippen LogP contribution < -0.4 is 16.8 Å². The molecule has 0 atom stereocenters.